The van der Waals surface area contributed by atoms with Gasteiger partial charge in [-0.2, -0.15) is 0 Å². The van der Waals surface area contributed by atoms with Gasteiger partial charge in [0, 0.05) is 36.1 Å². The number of Topliss-reactive ketones (excluding diaryl/α,β-unsaturated/α-hetero) is 1. The van der Waals surface area contributed by atoms with Crippen molar-refractivity contribution in [3.63, 3.8) is 0 Å². The number of benzene rings is 1. The van der Waals surface area contributed by atoms with E-state index >= 15 is 0 Å². The Hall–Kier alpha value is -0.570. The molecule has 0 bridgehead atoms. The number of hydrogen-bond donors (Lipinski definition) is 0. The number of rotatable bonds is 4. The highest BCUT2D eigenvalue weighted by Gasteiger charge is 2.19. The van der Waals surface area contributed by atoms with Crippen LogP contribution < -0.4 is 0 Å². The first-order valence-corrected chi connectivity index (χ1v) is 6.44. The molecule has 0 aromatic heterocycles. The van der Waals surface area contributed by atoms with Gasteiger partial charge in [0.05, 0.1) is 0 Å². The normalized spacial score (nSPS) is 19.5. The summed E-state index contributed by atoms with van der Waals surface area (Å²) in [7, 11) is 0. The van der Waals surface area contributed by atoms with Crippen LogP contribution >= 0.6 is 23.2 Å². The molecule has 0 radical (unpaired) electrons. The van der Waals surface area contributed by atoms with Crippen molar-refractivity contribution < 1.29 is 9.53 Å². The highest BCUT2D eigenvalue weighted by atomic mass is 35.5. The lowest BCUT2D eigenvalue weighted by molar-refractivity contribution is -0.119. The van der Waals surface area contributed by atoms with E-state index < -0.39 is 0 Å². The fraction of sp³-hybridized carbons (Fsp3) is 0.462. The van der Waals surface area contributed by atoms with Crippen molar-refractivity contribution in [1.29, 1.82) is 0 Å². The van der Waals surface area contributed by atoms with Gasteiger partial charge in [-0.3, -0.25) is 4.79 Å². The molecule has 0 amide bonds. The molecule has 4 heteroatoms. The monoisotopic (exact) mass is 272 g/mol. The second-order valence-electron chi connectivity index (χ2n) is 4.38. The van der Waals surface area contributed by atoms with E-state index in [0.717, 1.165) is 18.6 Å². The molecule has 92 valence electrons. The number of ether oxygens (including phenoxy) is 1. The molecule has 0 N–H and O–H groups in total. The summed E-state index contributed by atoms with van der Waals surface area (Å²) >= 11 is 11.9. The van der Waals surface area contributed by atoms with Gasteiger partial charge in [0.25, 0.3) is 0 Å². The fourth-order valence-corrected chi connectivity index (χ4v) is 2.41. The van der Waals surface area contributed by atoms with E-state index in [0.29, 0.717) is 35.4 Å². The van der Waals surface area contributed by atoms with E-state index in [1.54, 1.807) is 18.2 Å². The maximum absolute atomic E-state index is 11.9. The molecule has 2 rings (SSSR count). The van der Waals surface area contributed by atoms with Gasteiger partial charge >= 0.3 is 0 Å². The second-order valence-corrected chi connectivity index (χ2v) is 5.23. The molecule has 1 unspecified atom stereocenters. The molecule has 2 nitrogen and oxygen atoms in total. The molecule has 1 aliphatic heterocycles. The Bertz CT molecular complexity index is 412. The van der Waals surface area contributed by atoms with Crippen LogP contribution in [0.3, 0.4) is 0 Å². The van der Waals surface area contributed by atoms with Crippen molar-refractivity contribution in [3.8, 4) is 0 Å². The predicted octanol–water partition coefficient (Wildman–Crippen LogP) is 3.53. The van der Waals surface area contributed by atoms with E-state index in [1.807, 2.05) is 0 Å². The first-order valence-electron chi connectivity index (χ1n) is 5.68. The van der Waals surface area contributed by atoms with Crippen molar-refractivity contribution in [2.24, 2.45) is 5.92 Å². The summed E-state index contributed by atoms with van der Waals surface area (Å²) in [5, 5.41) is 1.21. The van der Waals surface area contributed by atoms with Crippen molar-refractivity contribution in [2.75, 3.05) is 13.2 Å². The van der Waals surface area contributed by atoms with Gasteiger partial charge < -0.3 is 4.74 Å². The molecule has 1 saturated heterocycles. The first-order chi connectivity index (χ1) is 8.15. The summed E-state index contributed by atoms with van der Waals surface area (Å²) in [5.74, 6) is 0.574. The second kappa shape index (κ2) is 5.85. The number of ketones is 1. The molecular weight excluding hydrogens is 259 g/mol. The minimum atomic E-state index is 0.199. The van der Waals surface area contributed by atoms with Crippen LogP contribution in [-0.2, 0) is 16.0 Å². The van der Waals surface area contributed by atoms with Gasteiger partial charge in [-0.25, -0.2) is 0 Å². The third-order valence-corrected chi connectivity index (χ3v) is 3.54. The third-order valence-electron chi connectivity index (χ3n) is 2.94. The summed E-state index contributed by atoms with van der Waals surface area (Å²) < 4.78 is 5.25. The number of halogens is 2. The Morgan fingerprint density at radius 1 is 1.41 bits per heavy atom. The Labute approximate surface area is 111 Å². The largest absolute Gasteiger partial charge is 0.381 e. The van der Waals surface area contributed by atoms with Crippen LogP contribution in [0.2, 0.25) is 10.0 Å². The van der Waals surface area contributed by atoms with Gasteiger partial charge in [-0.15, -0.1) is 0 Å². The third kappa shape index (κ3) is 3.70. The average Bonchev–Trinajstić information content (AvgIpc) is 2.76. The molecule has 1 heterocycles. The van der Waals surface area contributed by atoms with Crippen LogP contribution in [0.4, 0.5) is 0 Å². The molecule has 1 aliphatic rings. The van der Waals surface area contributed by atoms with Crippen molar-refractivity contribution in [1.82, 2.24) is 0 Å². The van der Waals surface area contributed by atoms with Crippen LogP contribution in [-0.4, -0.2) is 19.0 Å². The molecule has 17 heavy (non-hydrogen) atoms. The Kier molecular flexibility index (Phi) is 4.43. The van der Waals surface area contributed by atoms with E-state index in [1.165, 1.54) is 0 Å². The van der Waals surface area contributed by atoms with Crippen LogP contribution in [0.15, 0.2) is 18.2 Å². The SMILES string of the molecule is O=C(Cc1cc(Cl)ccc1Cl)CC1CCOC1. The molecule has 0 saturated carbocycles. The maximum Gasteiger partial charge on any atom is 0.137 e. The standard InChI is InChI=1S/C13H14Cl2O2/c14-11-1-2-13(15)10(6-11)7-12(16)5-9-3-4-17-8-9/h1-2,6,9H,3-5,7-8H2. The predicted molar refractivity (Wildman–Crippen MR) is 68.7 cm³/mol. The molecule has 0 aliphatic carbocycles. The zero-order valence-electron chi connectivity index (χ0n) is 9.42. The van der Waals surface area contributed by atoms with E-state index in [9.17, 15) is 4.79 Å². The minimum absolute atomic E-state index is 0.199. The molecule has 1 fully saturated rings. The quantitative estimate of drug-likeness (QED) is 0.838. The van der Waals surface area contributed by atoms with Crippen molar-refractivity contribution in [2.45, 2.75) is 19.3 Å². The van der Waals surface area contributed by atoms with Crippen LogP contribution in [0.5, 0.6) is 0 Å². The molecule has 1 atom stereocenters. The summed E-state index contributed by atoms with van der Waals surface area (Å²) in [4.78, 5) is 11.9. The lowest BCUT2D eigenvalue weighted by Gasteiger charge is -2.07. The highest BCUT2D eigenvalue weighted by molar-refractivity contribution is 6.33. The van der Waals surface area contributed by atoms with Crippen molar-refractivity contribution >= 4 is 29.0 Å². The average molecular weight is 273 g/mol. The number of carbonyl (C=O) groups excluding carboxylic acids is 1. The first kappa shape index (κ1) is 12.9. The maximum atomic E-state index is 11.9. The zero-order valence-corrected chi connectivity index (χ0v) is 10.9. The lowest BCUT2D eigenvalue weighted by Crippen LogP contribution is -2.11. The Morgan fingerprint density at radius 2 is 2.24 bits per heavy atom. The summed E-state index contributed by atoms with van der Waals surface area (Å²) in [6.45, 7) is 1.48. The fourth-order valence-electron chi connectivity index (χ4n) is 2.03. The lowest BCUT2D eigenvalue weighted by atomic mass is 9.98. The molecule has 1 aromatic rings. The number of hydrogen-bond acceptors (Lipinski definition) is 2. The zero-order chi connectivity index (χ0) is 12.3. The van der Waals surface area contributed by atoms with Gasteiger partial charge in [0.2, 0.25) is 0 Å². The molecule has 1 aromatic carbocycles. The number of carbonyl (C=O) groups is 1. The van der Waals surface area contributed by atoms with E-state index in [-0.39, 0.29) is 5.78 Å². The van der Waals surface area contributed by atoms with Gasteiger partial charge in [-0.05, 0) is 36.1 Å². The minimum Gasteiger partial charge on any atom is -0.381 e. The summed E-state index contributed by atoms with van der Waals surface area (Å²) in [6.07, 6.45) is 1.91. The van der Waals surface area contributed by atoms with Gasteiger partial charge in [-0.1, -0.05) is 23.2 Å². The van der Waals surface area contributed by atoms with E-state index in [2.05, 4.69) is 0 Å². The van der Waals surface area contributed by atoms with Crippen molar-refractivity contribution in [3.05, 3.63) is 33.8 Å². The van der Waals surface area contributed by atoms with E-state index in [4.69, 9.17) is 27.9 Å². The summed E-state index contributed by atoms with van der Waals surface area (Å²) in [6, 6.07) is 5.21. The van der Waals surface area contributed by atoms with Crippen LogP contribution in [0.25, 0.3) is 0 Å². The van der Waals surface area contributed by atoms with Gasteiger partial charge in [0.1, 0.15) is 5.78 Å². The van der Waals surface area contributed by atoms with Crippen LogP contribution in [0, 0.1) is 5.92 Å². The molecule has 0 spiro atoms. The topological polar surface area (TPSA) is 26.3 Å². The van der Waals surface area contributed by atoms with Gasteiger partial charge in [0.15, 0.2) is 0 Å². The Balaban J connectivity index is 1.95. The summed E-state index contributed by atoms with van der Waals surface area (Å²) in [5.41, 5.74) is 0.808. The smallest absolute Gasteiger partial charge is 0.137 e. The Morgan fingerprint density at radius 3 is 2.94 bits per heavy atom. The van der Waals surface area contributed by atoms with Crippen LogP contribution in [0.1, 0.15) is 18.4 Å². The highest BCUT2D eigenvalue weighted by Crippen LogP contribution is 2.23. The molecular formula is C13H14Cl2O2.